The Morgan fingerprint density at radius 2 is 1.53 bits per heavy atom. The Kier molecular flexibility index (Phi) is 4.05. The van der Waals surface area contributed by atoms with Crippen molar-refractivity contribution in [2.24, 2.45) is 5.41 Å². The SMILES string of the molecule is COC1(c2nc(Cl)c(F)c(Cl)n2)CCC(C)(C)CC1. The number of ether oxygens (including phenoxy) is 1. The number of methoxy groups -OCH3 is 1. The van der Waals surface area contributed by atoms with E-state index < -0.39 is 11.4 Å². The van der Waals surface area contributed by atoms with E-state index in [1.54, 1.807) is 7.11 Å². The molecule has 1 aliphatic carbocycles. The van der Waals surface area contributed by atoms with Gasteiger partial charge in [-0.05, 0) is 31.1 Å². The second-order valence-corrected chi connectivity index (χ2v) is 6.52. The van der Waals surface area contributed by atoms with Crippen LogP contribution in [0.5, 0.6) is 0 Å². The van der Waals surface area contributed by atoms with Crippen LogP contribution in [0.3, 0.4) is 0 Å². The summed E-state index contributed by atoms with van der Waals surface area (Å²) < 4.78 is 19.0. The molecular formula is C13H17Cl2FN2O. The number of hydrogen-bond donors (Lipinski definition) is 0. The third-order valence-corrected chi connectivity index (χ3v) is 4.48. The molecule has 1 aliphatic rings. The molecule has 0 amide bonds. The van der Waals surface area contributed by atoms with Crippen LogP contribution in [0, 0.1) is 11.2 Å². The summed E-state index contributed by atoms with van der Waals surface area (Å²) in [7, 11) is 1.62. The van der Waals surface area contributed by atoms with Crippen molar-refractivity contribution >= 4 is 23.2 Å². The minimum absolute atomic E-state index is 0.253. The molecule has 6 heteroatoms. The van der Waals surface area contributed by atoms with Crippen molar-refractivity contribution in [2.75, 3.05) is 7.11 Å². The average molecular weight is 307 g/mol. The predicted molar refractivity (Wildman–Crippen MR) is 72.9 cm³/mol. The smallest absolute Gasteiger partial charge is 0.197 e. The quantitative estimate of drug-likeness (QED) is 0.761. The Morgan fingerprint density at radius 1 is 1.05 bits per heavy atom. The number of rotatable bonds is 2. The molecule has 0 atom stereocenters. The first-order chi connectivity index (χ1) is 8.80. The van der Waals surface area contributed by atoms with Gasteiger partial charge >= 0.3 is 0 Å². The van der Waals surface area contributed by atoms with Gasteiger partial charge in [0, 0.05) is 7.11 Å². The third-order valence-electron chi connectivity index (χ3n) is 3.98. The fourth-order valence-corrected chi connectivity index (χ4v) is 2.84. The lowest BCUT2D eigenvalue weighted by molar-refractivity contribution is -0.0730. The summed E-state index contributed by atoms with van der Waals surface area (Å²) in [5.74, 6) is -0.406. The number of aromatic nitrogens is 2. The van der Waals surface area contributed by atoms with Crippen LogP contribution < -0.4 is 0 Å². The van der Waals surface area contributed by atoms with Gasteiger partial charge in [-0.2, -0.15) is 0 Å². The highest BCUT2D eigenvalue weighted by Gasteiger charge is 2.42. The molecule has 0 bridgehead atoms. The Hall–Kier alpha value is -0.450. The molecule has 0 aliphatic heterocycles. The molecule has 0 radical (unpaired) electrons. The van der Waals surface area contributed by atoms with Gasteiger partial charge in [-0.1, -0.05) is 37.0 Å². The van der Waals surface area contributed by atoms with E-state index in [2.05, 4.69) is 23.8 Å². The van der Waals surface area contributed by atoms with Crippen molar-refractivity contribution in [3.63, 3.8) is 0 Å². The lowest BCUT2D eigenvalue weighted by Gasteiger charge is -2.41. The monoisotopic (exact) mass is 306 g/mol. The standard InChI is InChI=1S/C13H17Cl2FN2O/c1-12(2)4-6-13(19-3,7-5-12)11-17-9(14)8(16)10(15)18-11/h4-7H2,1-3H3. The van der Waals surface area contributed by atoms with Gasteiger partial charge in [0.05, 0.1) is 0 Å². The van der Waals surface area contributed by atoms with Gasteiger partial charge < -0.3 is 4.74 Å². The van der Waals surface area contributed by atoms with Crippen molar-refractivity contribution < 1.29 is 9.13 Å². The van der Waals surface area contributed by atoms with Gasteiger partial charge in [-0.3, -0.25) is 0 Å². The molecule has 106 valence electrons. The molecule has 2 rings (SSSR count). The zero-order chi connectivity index (χ0) is 14.3. The summed E-state index contributed by atoms with van der Waals surface area (Å²) in [4.78, 5) is 8.04. The first-order valence-electron chi connectivity index (χ1n) is 6.24. The number of hydrogen-bond acceptors (Lipinski definition) is 3. The van der Waals surface area contributed by atoms with Crippen LogP contribution in [0.25, 0.3) is 0 Å². The summed E-state index contributed by atoms with van der Waals surface area (Å²) in [5, 5.41) is -0.507. The molecule has 1 aromatic rings. The van der Waals surface area contributed by atoms with E-state index in [4.69, 9.17) is 27.9 Å². The molecule has 0 saturated heterocycles. The highest BCUT2D eigenvalue weighted by atomic mass is 35.5. The van der Waals surface area contributed by atoms with Gasteiger partial charge in [-0.15, -0.1) is 0 Å². The second kappa shape index (κ2) is 5.15. The van der Waals surface area contributed by atoms with Crippen molar-refractivity contribution in [3.8, 4) is 0 Å². The second-order valence-electron chi connectivity index (χ2n) is 5.81. The summed E-state index contributed by atoms with van der Waals surface area (Å²) in [6.45, 7) is 4.44. The van der Waals surface area contributed by atoms with Crippen molar-refractivity contribution in [2.45, 2.75) is 45.1 Å². The van der Waals surface area contributed by atoms with Crippen LogP contribution in [0.2, 0.25) is 10.3 Å². The van der Waals surface area contributed by atoms with Crippen LogP contribution in [0.1, 0.15) is 45.4 Å². The van der Waals surface area contributed by atoms with E-state index in [0.29, 0.717) is 5.82 Å². The van der Waals surface area contributed by atoms with Crippen LogP contribution >= 0.6 is 23.2 Å². The van der Waals surface area contributed by atoms with Crippen LogP contribution in [-0.4, -0.2) is 17.1 Å². The molecule has 0 N–H and O–H groups in total. The van der Waals surface area contributed by atoms with Crippen LogP contribution in [0.15, 0.2) is 0 Å². The van der Waals surface area contributed by atoms with Crippen LogP contribution in [-0.2, 0) is 10.3 Å². The Balaban J connectivity index is 2.38. The van der Waals surface area contributed by atoms with Crippen molar-refractivity contribution in [1.29, 1.82) is 0 Å². The normalized spacial score (nSPS) is 21.4. The maximum absolute atomic E-state index is 13.4. The summed E-state index contributed by atoms with van der Waals surface area (Å²) in [6, 6.07) is 0. The lowest BCUT2D eigenvalue weighted by Crippen LogP contribution is -2.38. The van der Waals surface area contributed by atoms with E-state index >= 15 is 0 Å². The van der Waals surface area contributed by atoms with Gasteiger partial charge in [0.25, 0.3) is 0 Å². The molecular weight excluding hydrogens is 290 g/mol. The van der Waals surface area contributed by atoms with Crippen molar-refractivity contribution in [1.82, 2.24) is 9.97 Å². The van der Waals surface area contributed by atoms with Gasteiger partial charge in [-0.25, -0.2) is 14.4 Å². The number of halogens is 3. The Morgan fingerprint density at radius 3 is 1.95 bits per heavy atom. The lowest BCUT2D eigenvalue weighted by atomic mass is 9.70. The molecule has 19 heavy (non-hydrogen) atoms. The van der Waals surface area contributed by atoms with E-state index in [9.17, 15) is 4.39 Å². The van der Waals surface area contributed by atoms with Gasteiger partial charge in [0.15, 0.2) is 21.9 Å². The molecule has 3 nitrogen and oxygen atoms in total. The fourth-order valence-electron chi connectivity index (χ4n) is 2.45. The van der Waals surface area contributed by atoms with E-state index in [1.807, 2.05) is 0 Å². The maximum atomic E-state index is 13.4. The highest BCUT2D eigenvalue weighted by molar-refractivity contribution is 6.33. The summed E-state index contributed by atoms with van der Waals surface area (Å²) in [5.41, 5.74) is -0.341. The van der Waals surface area contributed by atoms with Crippen LogP contribution in [0.4, 0.5) is 4.39 Å². The van der Waals surface area contributed by atoms with Gasteiger partial charge in [0.1, 0.15) is 5.60 Å². The Bertz CT molecular complexity index is 461. The molecule has 1 fully saturated rings. The van der Waals surface area contributed by atoms with E-state index in [0.717, 1.165) is 25.7 Å². The maximum Gasteiger partial charge on any atom is 0.197 e. The summed E-state index contributed by atoms with van der Waals surface area (Å²) >= 11 is 11.5. The topological polar surface area (TPSA) is 35.0 Å². The molecule has 1 saturated carbocycles. The molecule has 0 spiro atoms. The van der Waals surface area contributed by atoms with E-state index in [-0.39, 0.29) is 15.7 Å². The Labute approximate surface area is 122 Å². The first-order valence-corrected chi connectivity index (χ1v) is 6.99. The predicted octanol–water partition coefficient (Wildman–Crippen LogP) is 4.36. The fraction of sp³-hybridized carbons (Fsp3) is 0.692. The minimum Gasteiger partial charge on any atom is -0.370 e. The van der Waals surface area contributed by atoms with E-state index in [1.165, 1.54) is 0 Å². The highest BCUT2D eigenvalue weighted by Crippen LogP contribution is 2.46. The van der Waals surface area contributed by atoms with Crippen molar-refractivity contribution in [3.05, 3.63) is 21.9 Å². The zero-order valence-corrected chi connectivity index (χ0v) is 12.8. The molecule has 1 aromatic heterocycles. The zero-order valence-electron chi connectivity index (χ0n) is 11.3. The first kappa shape index (κ1) is 14.9. The number of nitrogens with zero attached hydrogens (tertiary/aromatic N) is 2. The summed E-state index contributed by atoms with van der Waals surface area (Å²) in [6.07, 6.45) is 3.51. The molecule has 1 heterocycles. The third kappa shape index (κ3) is 2.86. The minimum atomic E-state index is -0.783. The molecule has 0 unspecified atom stereocenters. The largest absolute Gasteiger partial charge is 0.370 e. The van der Waals surface area contributed by atoms with Gasteiger partial charge in [0.2, 0.25) is 0 Å². The molecule has 0 aromatic carbocycles. The average Bonchev–Trinajstić information content (AvgIpc) is 2.36.